The molecule has 0 aromatic carbocycles. The Labute approximate surface area is 65.1 Å². The molecule has 10 heavy (non-hydrogen) atoms. The molecule has 0 saturated carbocycles. The number of esters is 1. The molecule has 0 bridgehead atoms. The van der Waals surface area contributed by atoms with E-state index in [1.807, 2.05) is 0 Å². The first kappa shape index (κ1) is 12.3. The van der Waals surface area contributed by atoms with Crippen molar-refractivity contribution in [3.63, 3.8) is 0 Å². The lowest BCUT2D eigenvalue weighted by Crippen LogP contribution is -2.43. The van der Waals surface area contributed by atoms with Gasteiger partial charge in [-0.2, -0.15) is 0 Å². The van der Waals surface area contributed by atoms with Crippen molar-refractivity contribution in [1.29, 1.82) is 0 Å². The Morgan fingerprint density at radius 3 is 2.30 bits per heavy atom. The van der Waals surface area contributed by atoms with Crippen molar-refractivity contribution in [1.82, 2.24) is 0 Å². The summed E-state index contributed by atoms with van der Waals surface area (Å²) in [4.78, 5) is 10.3. The molecule has 0 amide bonds. The fourth-order valence-electron chi connectivity index (χ4n) is 0.314. The van der Waals surface area contributed by atoms with Gasteiger partial charge in [0.25, 0.3) is 5.79 Å². The number of rotatable bonds is 2. The smallest absolute Gasteiger partial charge is 0.358 e. The number of carbonyl (C=O) groups excluding carboxylic acids is 1. The molecular formula is C5H11ClFNO2. The molecule has 0 spiro atoms. The normalized spacial score (nSPS) is 14.8. The van der Waals surface area contributed by atoms with E-state index in [1.54, 1.807) is 0 Å². The van der Waals surface area contributed by atoms with E-state index in [2.05, 4.69) is 4.74 Å². The number of carbonyl (C=O) groups is 1. The van der Waals surface area contributed by atoms with Crippen molar-refractivity contribution in [3.05, 3.63) is 0 Å². The molecule has 0 aliphatic rings. The summed E-state index contributed by atoms with van der Waals surface area (Å²) in [7, 11) is 1.10. The Morgan fingerprint density at radius 2 is 2.20 bits per heavy atom. The van der Waals surface area contributed by atoms with Crippen molar-refractivity contribution >= 4 is 18.4 Å². The second kappa shape index (κ2) is 4.46. The largest absolute Gasteiger partial charge is 0.466 e. The summed E-state index contributed by atoms with van der Waals surface area (Å²) in [6.45, 7) is 1.47. The third-order valence-electron chi connectivity index (χ3n) is 1.04. The molecule has 0 aromatic rings. The van der Waals surface area contributed by atoms with Crippen LogP contribution in [0.2, 0.25) is 0 Å². The van der Waals surface area contributed by atoms with Gasteiger partial charge in [-0.3, -0.25) is 5.73 Å². The van der Waals surface area contributed by atoms with E-state index in [0.29, 0.717) is 0 Å². The van der Waals surface area contributed by atoms with E-state index in [0.717, 1.165) is 7.11 Å². The van der Waals surface area contributed by atoms with Crippen molar-refractivity contribution in [2.75, 3.05) is 7.11 Å². The van der Waals surface area contributed by atoms with Gasteiger partial charge in [0.05, 0.1) is 7.11 Å². The molecule has 62 valence electrons. The van der Waals surface area contributed by atoms with Crippen LogP contribution in [0.15, 0.2) is 0 Å². The third-order valence-corrected chi connectivity index (χ3v) is 1.04. The predicted molar refractivity (Wildman–Crippen MR) is 37.6 cm³/mol. The quantitative estimate of drug-likeness (QED) is 0.490. The maximum absolute atomic E-state index is 12.5. The molecule has 0 aromatic heterocycles. The van der Waals surface area contributed by atoms with Gasteiger partial charge in [0.2, 0.25) is 0 Å². The first-order chi connectivity index (χ1) is 4.04. The monoisotopic (exact) mass is 171 g/mol. The lowest BCUT2D eigenvalue weighted by atomic mass is 10.2. The molecule has 0 aliphatic heterocycles. The molecule has 1 atom stereocenters. The van der Waals surface area contributed by atoms with E-state index >= 15 is 0 Å². The molecular weight excluding hydrogens is 161 g/mol. The highest BCUT2D eigenvalue weighted by Crippen LogP contribution is 2.08. The number of hydrogen-bond donors (Lipinski definition) is 1. The minimum atomic E-state index is -2.31. The van der Waals surface area contributed by atoms with Crippen LogP contribution in [0.3, 0.4) is 0 Å². The molecule has 2 N–H and O–H groups in total. The number of ether oxygens (including phenoxy) is 1. The molecule has 1 unspecified atom stereocenters. The summed E-state index contributed by atoms with van der Waals surface area (Å²) in [5.41, 5.74) is 4.83. The zero-order chi connectivity index (χ0) is 7.49. The van der Waals surface area contributed by atoms with Crippen molar-refractivity contribution in [2.45, 2.75) is 19.1 Å². The molecule has 5 heteroatoms. The summed E-state index contributed by atoms with van der Waals surface area (Å²) in [5.74, 6) is -3.33. The number of nitrogens with two attached hydrogens (primary N) is 1. The molecule has 0 radical (unpaired) electrons. The van der Waals surface area contributed by atoms with Crippen LogP contribution in [0.25, 0.3) is 0 Å². The van der Waals surface area contributed by atoms with Crippen LogP contribution in [0.5, 0.6) is 0 Å². The van der Waals surface area contributed by atoms with Crippen molar-refractivity contribution in [2.24, 2.45) is 5.73 Å². The fourth-order valence-corrected chi connectivity index (χ4v) is 0.314. The lowest BCUT2D eigenvalue weighted by Gasteiger charge is -2.13. The van der Waals surface area contributed by atoms with Gasteiger partial charge in [0.1, 0.15) is 0 Å². The summed E-state index contributed by atoms with van der Waals surface area (Å²) >= 11 is 0. The van der Waals surface area contributed by atoms with Gasteiger partial charge in [0.15, 0.2) is 0 Å². The van der Waals surface area contributed by atoms with E-state index < -0.39 is 11.8 Å². The Balaban J connectivity index is 0. The minimum absolute atomic E-state index is 0. The standard InChI is InChI=1S/C5H10FNO2.ClH/c1-3-5(6,7)4(8)9-2;/h3,7H2,1-2H3;1H. The Bertz CT molecular complexity index is 118. The maximum Gasteiger partial charge on any atom is 0.358 e. The molecule has 0 aliphatic carbocycles. The Hall–Kier alpha value is -0.350. The summed E-state index contributed by atoms with van der Waals surface area (Å²) in [6, 6.07) is 0. The Kier molecular flexibility index (Phi) is 5.51. The molecule has 3 nitrogen and oxygen atoms in total. The van der Waals surface area contributed by atoms with Gasteiger partial charge in [-0.05, 0) is 0 Å². The van der Waals surface area contributed by atoms with Gasteiger partial charge < -0.3 is 4.74 Å². The molecule has 0 fully saturated rings. The highest BCUT2D eigenvalue weighted by Gasteiger charge is 2.32. The SMILES string of the molecule is CCC(N)(F)C(=O)OC.Cl. The second-order valence-corrected chi connectivity index (χ2v) is 1.71. The zero-order valence-electron chi connectivity index (χ0n) is 5.89. The number of methoxy groups -OCH3 is 1. The van der Waals surface area contributed by atoms with Crippen LogP contribution in [0.1, 0.15) is 13.3 Å². The minimum Gasteiger partial charge on any atom is -0.466 e. The first-order valence-corrected chi connectivity index (χ1v) is 2.60. The van der Waals surface area contributed by atoms with Gasteiger partial charge in [0, 0.05) is 6.42 Å². The summed E-state index contributed by atoms with van der Waals surface area (Å²) in [6.07, 6.45) is -0.0698. The average Bonchev–Trinajstić information content (AvgIpc) is 1.86. The fraction of sp³-hybridized carbons (Fsp3) is 0.800. The van der Waals surface area contributed by atoms with Crippen LogP contribution in [0.4, 0.5) is 4.39 Å². The first-order valence-electron chi connectivity index (χ1n) is 2.60. The van der Waals surface area contributed by atoms with E-state index in [9.17, 15) is 9.18 Å². The molecule has 0 heterocycles. The highest BCUT2D eigenvalue weighted by atomic mass is 35.5. The number of halogens is 2. The van der Waals surface area contributed by atoms with Crippen LogP contribution in [-0.4, -0.2) is 18.9 Å². The Morgan fingerprint density at radius 1 is 1.80 bits per heavy atom. The van der Waals surface area contributed by atoms with Crippen LogP contribution < -0.4 is 5.73 Å². The molecule has 0 rings (SSSR count). The second-order valence-electron chi connectivity index (χ2n) is 1.71. The number of alkyl halides is 1. The lowest BCUT2D eigenvalue weighted by molar-refractivity contribution is -0.154. The van der Waals surface area contributed by atoms with Crippen LogP contribution in [-0.2, 0) is 9.53 Å². The molecule has 0 saturated heterocycles. The van der Waals surface area contributed by atoms with Crippen LogP contribution in [0, 0.1) is 0 Å². The van der Waals surface area contributed by atoms with E-state index in [1.165, 1.54) is 6.92 Å². The van der Waals surface area contributed by atoms with Crippen molar-refractivity contribution < 1.29 is 13.9 Å². The van der Waals surface area contributed by atoms with Gasteiger partial charge >= 0.3 is 5.97 Å². The van der Waals surface area contributed by atoms with Gasteiger partial charge in [-0.15, -0.1) is 12.4 Å². The maximum atomic E-state index is 12.5. The average molecular weight is 172 g/mol. The number of hydrogen-bond acceptors (Lipinski definition) is 3. The van der Waals surface area contributed by atoms with Crippen LogP contribution >= 0.6 is 12.4 Å². The van der Waals surface area contributed by atoms with E-state index in [-0.39, 0.29) is 18.8 Å². The van der Waals surface area contributed by atoms with Gasteiger partial charge in [-0.25, -0.2) is 9.18 Å². The third kappa shape index (κ3) is 2.98. The van der Waals surface area contributed by atoms with E-state index in [4.69, 9.17) is 5.73 Å². The predicted octanol–water partition coefficient (Wildman–Crippen LogP) is 0.616. The summed E-state index contributed by atoms with van der Waals surface area (Å²) < 4.78 is 16.6. The van der Waals surface area contributed by atoms with Crippen molar-refractivity contribution in [3.8, 4) is 0 Å². The highest BCUT2D eigenvalue weighted by molar-refractivity contribution is 5.85. The topological polar surface area (TPSA) is 52.3 Å². The summed E-state index contributed by atoms with van der Waals surface area (Å²) in [5, 5.41) is 0. The van der Waals surface area contributed by atoms with Gasteiger partial charge in [-0.1, -0.05) is 6.92 Å². The zero-order valence-corrected chi connectivity index (χ0v) is 6.70.